The zero-order valence-corrected chi connectivity index (χ0v) is 18.5. The SMILES string of the molecule is O=C(CN1CCN(c2ccc(F)cc2)CC1)NCC(c1ccccc1Cl)N1CCCC1. The Morgan fingerprint density at radius 1 is 0.968 bits per heavy atom. The van der Waals surface area contributed by atoms with E-state index in [0.717, 1.165) is 55.5 Å². The van der Waals surface area contributed by atoms with E-state index in [9.17, 15) is 9.18 Å². The first-order valence-electron chi connectivity index (χ1n) is 11.1. The Hall–Kier alpha value is -2.15. The second-order valence-electron chi connectivity index (χ2n) is 8.32. The van der Waals surface area contributed by atoms with Gasteiger partial charge in [-0.3, -0.25) is 14.6 Å². The summed E-state index contributed by atoms with van der Waals surface area (Å²) in [5.74, 6) is -0.172. The number of rotatable bonds is 7. The summed E-state index contributed by atoms with van der Waals surface area (Å²) >= 11 is 6.47. The van der Waals surface area contributed by atoms with Gasteiger partial charge in [0.05, 0.1) is 12.6 Å². The largest absolute Gasteiger partial charge is 0.369 e. The standard InChI is InChI=1S/C24H30ClFN4O/c25-22-6-2-1-5-21(22)23(30-11-3-4-12-30)17-27-24(31)18-28-13-15-29(16-14-28)20-9-7-19(26)8-10-20/h1-2,5-10,23H,3-4,11-18H2,(H,27,31). The van der Waals surface area contributed by atoms with Gasteiger partial charge >= 0.3 is 0 Å². The number of carbonyl (C=O) groups is 1. The van der Waals surface area contributed by atoms with Crippen molar-refractivity contribution in [3.05, 3.63) is 64.9 Å². The van der Waals surface area contributed by atoms with Crippen molar-refractivity contribution in [1.29, 1.82) is 0 Å². The van der Waals surface area contributed by atoms with Crippen LogP contribution in [-0.2, 0) is 4.79 Å². The minimum Gasteiger partial charge on any atom is -0.369 e. The fraction of sp³-hybridized carbons (Fsp3) is 0.458. The van der Waals surface area contributed by atoms with Crippen LogP contribution in [-0.4, -0.2) is 68.1 Å². The Kier molecular flexibility index (Phi) is 7.43. The van der Waals surface area contributed by atoms with Crippen LogP contribution in [0.2, 0.25) is 5.02 Å². The van der Waals surface area contributed by atoms with E-state index in [4.69, 9.17) is 11.6 Å². The van der Waals surface area contributed by atoms with Gasteiger partial charge in [-0.15, -0.1) is 0 Å². The number of benzene rings is 2. The van der Waals surface area contributed by atoms with Crippen molar-refractivity contribution in [2.45, 2.75) is 18.9 Å². The molecule has 7 heteroatoms. The molecule has 0 radical (unpaired) electrons. The molecule has 2 heterocycles. The van der Waals surface area contributed by atoms with Crippen LogP contribution >= 0.6 is 11.6 Å². The average molecular weight is 445 g/mol. The van der Waals surface area contributed by atoms with E-state index >= 15 is 0 Å². The van der Waals surface area contributed by atoms with Crippen molar-refractivity contribution in [2.75, 3.05) is 57.3 Å². The van der Waals surface area contributed by atoms with Crippen LogP contribution in [0, 0.1) is 5.82 Å². The van der Waals surface area contributed by atoms with Crippen molar-refractivity contribution in [2.24, 2.45) is 0 Å². The van der Waals surface area contributed by atoms with Gasteiger partial charge in [-0.2, -0.15) is 0 Å². The van der Waals surface area contributed by atoms with Gasteiger partial charge in [-0.1, -0.05) is 29.8 Å². The number of hydrogen-bond donors (Lipinski definition) is 1. The molecule has 4 rings (SSSR count). The number of piperazine rings is 1. The molecule has 2 fully saturated rings. The van der Waals surface area contributed by atoms with Crippen molar-refractivity contribution < 1.29 is 9.18 Å². The van der Waals surface area contributed by atoms with Gasteiger partial charge in [0.1, 0.15) is 5.82 Å². The van der Waals surface area contributed by atoms with Gasteiger partial charge in [0.15, 0.2) is 0 Å². The summed E-state index contributed by atoms with van der Waals surface area (Å²) in [7, 11) is 0. The molecule has 31 heavy (non-hydrogen) atoms. The molecule has 1 amide bonds. The predicted octanol–water partition coefficient (Wildman–Crippen LogP) is 3.55. The Bertz CT molecular complexity index is 864. The highest BCUT2D eigenvalue weighted by molar-refractivity contribution is 6.31. The second kappa shape index (κ2) is 10.4. The van der Waals surface area contributed by atoms with Gasteiger partial charge < -0.3 is 10.2 Å². The van der Waals surface area contributed by atoms with E-state index in [1.165, 1.54) is 25.0 Å². The fourth-order valence-corrected chi connectivity index (χ4v) is 4.78. The van der Waals surface area contributed by atoms with Gasteiger partial charge in [0, 0.05) is 43.4 Å². The van der Waals surface area contributed by atoms with Gasteiger partial charge in [0.2, 0.25) is 5.91 Å². The molecule has 0 saturated carbocycles. The molecule has 2 aliphatic heterocycles. The summed E-state index contributed by atoms with van der Waals surface area (Å²) in [6.07, 6.45) is 2.38. The summed E-state index contributed by atoms with van der Waals surface area (Å²) in [5.41, 5.74) is 2.11. The number of carbonyl (C=O) groups excluding carboxylic acids is 1. The van der Waals surface area contributed by atoms with Gasteiger partial charge in [-0.25, -0.2) is 4.39 Å². The molecule has 0 spiro atoms. The highest BCUT2D eigenvalue weighted by atomic mass is 35.5. The van der Waals surface area contributed by atoms with E-state index in [-0.39, 0.29) is 17.8 Å². The molecular weight excluding hydrogens is 415 g/mol. The number of halogens is 2. The minimum atomic E-state index is -0.219. The Morgan fingerprint density at radius 2 is 1.65 bits per heavy atom. The van der Waals surface area contributed by atoms with Crippen LogP contribution in [0.25, 0.3) is 0 Å². The monoisotopic (exact) mass is 444 g/mol. The van der Waals surface area contributed by atoms with E-state index < -0.39 is 0 Å². The summed E-state index contributed by atoms with van der Waals surface area (Å²) in [5, 5.41) is 3.90. The van der Waals surface area contributed by atoms with Crippen LogP contribution in [0.3, 0.4) is 0 Å². The van der Waals surface area contributed by atoms with Crippen LogP contribution in [0.15, 0.2) is 48.5 Å². The van der Waals surface area contributed by atoms with Crippen molar-refractivity contribution in [3.63, 3.8) is 0 Å². The normalized spacial score (nSPS) is 18.8. The van der Waals surface area contributed by atoms with Crippen molar-refractivity contribution >= 4 is 23.2 Å². The maximum atomic E-state index is 13.1. The molecule has 0 bridgehead atoms. The molecular formula is C24H30ClFN4O. The van der Waals surface area contributed by atoms with E-state index in [0.29, 0.717) is 13.1 Å². The highest BCUT2D eigenvalue weighted by Gasteiger charge is 2.26. The quantitative estimate of drug-likeness (QED) is 0.708. The second-order valence-corrected chi connectivity index (χ2v) is 8.73. The summed E-state index contributed by atoms with van der Waals surface area (Å²) in [6.45, 7) is 6.32. The molecule has 2 aromatic rings. The lowest BCUT2D eigenvalue weighted by Crippen LogP contribution is -2.50. The first-order chi connectivity index (χ1) is 15.1. The van der Waals surface area contributed by atoms with Crippen LogP contribution in [0.4, 0.5) is 10.1 Å². The number of anilines is 1. The predicted molar refractivity (Wildman–Crippen MR) is 123 cm³/mol. The lowest BCUT2D eigenvalue weighted by molar-refractivity contribution is -0.122. The molecule has 5 nitrogen and oxygen atoms in total. The molecule has 2 aromatic carbocycles. The molecule has 0 aromatic heterocycles. The lowest BCUT2D eigenvalue weighted by atomic mass is 10.1. The first-order valence-corrected chi connectivity index (χ1v) is 11.5. The summed E-state index contributed by atoms with van der Waals surface area (Å²) < 4.78 is 13.1. The summed E-state index contributed by atoms with van der Waals surface area (Å²) in [6, 6.07) is 14.6. The van der Waals surface area contributed by atoms with Crippen LogP contribution in [0.1, 0.15) is 24.4 Å². The minimum absolute atomic E-state index is 0.0477. The van der Waals surface area contributed by atoms with Gasteiger partial charge in [-0.05, 0) is 61.8 Å². The van der Waals surface area contributed by atoms with Gasteiger partial charge in [0.25, 0.3) is 0 Å². The first kappa shape index (κ1) is 22.1. The lowest BCUT2D eigenvalue weighted by Gasteiger charge is -2.36. The Morgan fingerprint density at radius 3 is 2.32 bits per heavy atom. The Labute approximate surface area is 188 Å². The third kappa shape index (κ3) is 5.76. The number of likely N-dealkylation sites (tertiary alicyclic amines) is 1. The zero-order valence-electron chi connectivity index (χ0n) is 17.8. The highest BCUT2D eigenvalue weighted by Crippen LogP contribution is 2.29. The molecule has 1 unspecified atom stereocenters. The maximum absolute atomic E-state index is 13.1. The zero-order chi connectivity index (χ0) is 21.6. The third-order valence-corrected chi connectivity index (χ3v) is 6.61. The van der Waals surface area contributed by atoms with E-state index in [2.05, 4.69) is 26.1 Å². The van der Waals surface area contributed by atoms with E-state index in [1.807, 2.05) is 30.3 Å². The third-order valence-electron chi connectivity index (χ3n) is 6.27. The molecule has 2 aliphatic rings. The molecule has 1 atom stereocenters. The van der Waals surface area contributed by atoms with Crippen molar-refractivity contribution in [1.82, 2.24) is 15.1 Å². The van der Waals surface area contributed by atoms with Crippen LogP contribution < -0.4 is 10.2 Å². The van der Waals surface area contributed by atoms with E-state index in [1.54, 1.807) is 0 Å². The molecule has 2 saturated heterocycles. The number of nitrogens with one attached hydrogen (secondary N) is 1. The maximum Gasteiger partial charge on any atom is 0.234 e. The fourth-order valence-electron chi connectivity index (χ4n) is 4.52. The molecule has 166 valence electrons. The smallest absolute Gasteiger partial charge is 0.234 e. The molecule has 0 aliphatic carbocycles. The Balaban J connectivity index is 1.28. The van der Waals surface area contributed by atoms with Crippen LogP contribution in [0.5, 0.6) is 0 Å². The molecule has 1 N–H and O–H groups in total. The average Bonchev–Trinajstić information content (AvgIpc) is 3.31. The number of nitrogens with zero attached hydrogens (tertiary/aromatic N) is 3. The topological polar surface area (TPSA) is 38.8 Å². The van der Waals surface area contributed by atoms with Crippen molar-refractivity contribution in [3.8, 4) is 0 Å². The number of amides is 1. The number of hydrogen-bond acceptors (Lipinski definition) is 4. The summed E-state index contributed by atoms with van der Waals surface area (Å²) in [4.78, 5) is 19.5.